The van der Waals surface area contributed by atoms with Crippen LogP contribution < -0.4 is 0 Å². The van der Waals surface area contributed by atoms with E-state index in [1.807, 2.05) is 0 Å². The smallest absolute Gasteiger partial charge is 0.321 e. The van der Waals surface area contributed by atoms with Crippen LogP contribution in [0.5, 0.6) is 0 Å². The molecule has 0 aromatic carbocycles. The van der Waals surface area contributed by atoms with Gasteiger partial charge in [0.25, 0.3) is 0 Å². The van der Waals surface area contributed by atoms with Crippen molar-refractivity contribution in [1.82, 2.24) is 0 Å². The monoisotopic (exact) mass is 232 g/mol. The Balaban J connectivity index is 3.76. The molecule has 1 atom stereocenters. The summed E-state index contributed by atoms with van der Waals surface area (Å²) in [4.78, 5) is 17.2. The van der Waals surface area contributed by atoms with Crippen LogP contribution in [-0.2, 0) is 4.57 Å². The van der Waals surface area contributed by atoms with Gasteiger partial charge in [-0.25, -0.2) is 0 Å². The topological polar surface area (TPSA) is 57.5 Å². The third-order valence-corrected chi connectivity index (χ3v) is 2.65. The van der Waals surface area contributed by atoms with Gasteiger partial charge in [0.1, 0.15) is 0 Å². The molecule has 0 saturated heterocycles. The predicted molar refractivity (Wildman–Crippen MR) is 63.6 cm³/mol. The quantitative estimate of drug-likeness (QED) is 0.544. The third kappa shape index (κ3) is 11.6. The van der Waals surface area contributed by atoms with E-state index < -0.39 is 7.60 Å². The second-order valence-corrected chi connectivity index (χ2v) is 5.65. The SMILES string of the molecule is CC(C)=CCCC(C)C/C=C/P(=O)(O)O. The molecule has 0 aliphatic heterocycles. The summed E-state index contributed by atoms with van der Waals surface area (Å²) < 4.78 is 10.5. The summed E-state index contributed by atoms with van der Waals surface area (Å²) in [7, 11) is -3.96. The Bertz CT molecular complexity index is 272. The van der Waals surface area contributed by atoms with Crippen LogP contribution in [0.2, 0.25) is 0 Å². The highest BCUT2D eigenvalue weighted by atomic mass is 31.2. The van der Waals surface area contributed by atoms with E-state index >= 15 is 0 Å². The summed E-state index contributed by atoms with van der Waals surface area (Å²) in [5.74, 6) is 1.45. The first-order chi connectivity index (χ1) is 6.81. The molecule has 0 amide bonds. The van der Waals surface area contributed by atoms with Crippen LogP contribution in [0.3, 0.4) is 0 Å². The van der Waals surface area contributed by atoms with Gasteiger partial charge in [-0.15, -0.1) is 0 Å². The normalized spacial score (nSPS) is 14.2. The van der Waals surface area contributed by atoms with Crippen molar-refractivity contribution < 1.29 is 14.4 Å². The van der Waals surface area contributed by atoms with Gasteiger partial charge >= 0.3 is 7.60 Å². The van der Waals surface area contributed by atoms with Gasteiger partial charge in [-0.2, -0.15) is 0 Å². The van der Waals surface area contributed by atoms with Crippen molar-refractivity contribution in [1.29, 1.82) is 0 Å². The molecule has 0 aliphatic rings. The highest BCUT2D eigenvalue weighted by Gasteiger charge is 2.05. The standard InChI is InChI=1S/C11H21O3P/c1-10(2)6-4-7-11(3)8-5-9-15(12,13)14/h5-6,9,11H,4,7-8H2,1-3H3,(H2,12,13,14)/b9-5+. The van der Waals surface area contributed by atoms with Gasteiger partial charge in [-0.05, 0) is 39.0 Å². The zero-order chi connectivity index (χ0) is 11.9. The van der Waals surface area contributed by atoms with Gasteiger partial charge in [0.05, 0.1) is 0 Å². The largest absolute Gasteiger partial charge is 0.348 e. The maximum Gasteiger partial charge on any atom is 0.348 e. The molecular formula is C11H21O3P. The van der Waals surface area contributed by atoms with Crippen LogP contribution in [0, 0.1) is 5.92 Å². The molecular weight excluding hydrogens is 211 g/mol. The maximum absolute atomic E-state index is 10.5. The van der Waals surface area contributed by atoms with Gasteiger partial charge in [0, 0.05) is 5.82 Å². The molecule has 0 bridgehead atoms. The van der Waals surface area contributed by atoms with Gasteiger partial charge in [-0.3, -0.25) is 4.57 Å². The zero-order valence-electron chi connectivity index (χ0n) is 9.68. The Hall–Kier alpha value is -0.370. The Labute approximate surface area is 92.1 Å². The molecule has 1 unspecified atom stereocenters. The Morgan fingerprint density at radius 2 is 2.00 bits per heavy atom. The van der Waals surface area contributed by atoms with Crippen molar-refractivity contribution in [3.05, 3.63) is 23.5 Å². The van der Waals surface area contributed by atoms with Gasteiger partial charge in [-0.1, -0.05) is 24.6 Å². The zero-order valence-corrected chi connectivity index (χ0v) is 10.6. The van der Waals surface area contributed by atoms with Crippen molar-refractivity contribution in [2.45, 2.75) is 40.0 Å². The van der Waals surface area contributed by atoms with Crippen molar-refractivity contribution in [2.24, 2.45) is 5.92 Å². The Kier molecular flexibility index (Phi) is 6.82. The lowest BCUT2D eigenvalue weighted by atomic mass is 10.0. The molecule has 0 spiro atoms. The van der Waals surface area contributed by atoms with E-state index in [1.54, 1.807) is 6.08 Å². The lowest BCUT2D eigenvalue weighted by Gasteiger charge is -2.06. The van der Waals surface area contributed by atoms with E-state index in [1.165, 1.54) is 5.57 Å². The number of hydrogen-bond acceptors (Lipinski definition) is 1. The number of allylic oxidation sites excluding steroid dienone is 3. The van der Waals surface area contributed by atoms with E-state index in [9.17, 15) is 4.57 Å². The lowest BCUT2D eigenvalue weighted by molar-refractivity contribution is 0.386. The first kappa shape index (κ1) is 14.6. The minimum atomic E-state index is -3.96. The van der Waals surface area contributed by atoms with Crippen LogP contribution in [0.15, 0.2) is 23.5 Å². The van der Waals surface area contributed by atoms with Crippen molar-refractivity contribution >= 4 is 7.60 Å². The van der Waals surface area contributed by atoms with E-state index in [4.69, 9.17) is 9.79 Å². The summed E-state index contributed by atoms with van der Waals surface area (Å²) in [6, 6.07) is 0. The Morgan fingerprint density at radius 3 is 2.47 bits per heavy atom. The highest BCUT2D eigenvalue weighted by molar-refractivity contribution is 7.55. The van der Waals surface area contributed by atoms with Gasteiger partial charge in [0.2, 0.25) is 0 Å². The lowest BCUT2D eigenvalue weighted by Crippen LogP contribution is -1.91. The molecule has 0 heterocycles. The third-order valence-electron chi connectivity index (χ3n) is 2.05. The summed E-state index contributed by atoms with van der Waals surface area (Å²) in [6.07, 6.45) is 6.57. The number of hydrogen-bond donors (Lipinski definition) is 2. The summed E-state index contributed by atoms with van der Waals surface area (Å²) >= 11 is 0. The number of rotatable bonds is 6. The van der Waals surface area contributed by atoms with Crippen molar-refractivity contribution in [3.8, 4) is 0 Å². The predicted octanol–water partition coefficient (Wildman–Crippen LogP) is 3.45. The van der Waals surface area contributed by atoms with Crippen molar-refractivity contribution in [2.75, 3.05) is 0 Å². The Morgan fingerprint density at radius 1 is 1.40 bits per heavy atom. The molecule has 0 aliphatic carbocycles. The van der Waals surface area contributed by atoms with Crippen LogP contribution >= 0.6 is 7.60 Å². The maximum atomic E-state index is 10.5. The molecule has 0 aromatic rings. The van der Waals surface area contributed by atoms with Crippen LogP contribution in [0.4, 0.5) is 0 Å². The van der Waals surface area contributed by atoms with E-state index in [0.29, 0.717) is 5.92 Å². The van der Waals surface area contributed by atoms with Gasteiger partial charge in [0.15, 0.2) is 0 Å². The minimum absolute atomic E-state index is 0.461. The first-order valence-corrected chi connectivity index (χ1v) is 6.85. The van der Waals surface area contributed by atoms with Crippen molar-refractivity contribution in [3.63, 3.8) is 0 Å². The summed E-state index contributed by atoms with van der Waals surface area (Å²) in [6.45, 7) is 6.22. The summed E-state index contributed by atoms with van der Waals surface area (Å²) in [5, 5.41) is 0. The molecule has 0 fully saturated rings. The second kappa shape index (κ2) is 7.00. The minimum Gasteiger partial charge on any atom is -0.321 e. The van der Waals surface area contributed by atoms with Crippen LogP contribution in [0.1, 0.15) is 40.0 Å². The molecule has 15 heavy (non-hydrogen) atoms. The van der Waals surface area contributed by atoms with Crippen LogP contribution in [0.25, 0.3) is 0 Å². The molecule has 0 radical (unpaired) electrons. The molecule has 0 saturated carbocycles. The van der Waals surface area contributed by atoms with Gasteiger partial charge < -0.3 is 9.79 Å². The van der Waals surface area contributed by atoms with E-state index in [2.05, 4.69) is 26.8 Å². The molecule has 0 rings (SSSR count). The van der Waals surface area contributed by atoms with E-state index in [-0.39, 0.29) is 0 Å². The molecule has 3 nitrogen and oxygen atoms in total. The highest BCUT2D eigenvalue weighted by Crippen LogP contribution is 2.36. The van der Waals surface area contributed by atoms with Crippen LogP contribution in [-0.4, -0.2) is 9.79 Å². The fourth-order valence-electron chi connectivity index (χ4n) is 1.20. The fourth-order valence-corrected chi connectivity index (χ4v) is 1.60. The first-order valence-electron chi connectivity index (χ1n) is 5.17. The second-order valence-electron chi connectivity index (χ2n) is 4.17. The average Bonchev–Trinajstić information content (AvgIpc) is 2.00. The molecule has 2 N–H and O–H groups in total. The summed E-state index contributed by atoms with van der Waals surface area (Å²) in [5.41, 5.74) is 1.31. The van der Waals surface area contributed by atoms with E-state index in [0.717, 1.165) is 25.1 Å². The fraction of sp³-hybridized carbons (Fsp3) is 0.636. The molecule has 0 aromatic heterocycles. The average molecular weight is 232 g/mol. The molecule has 4 heteroatoms. The molecule has 88 valence electrons.